The zero-order valence-corrected chi connectivity index (χ0v) is 24.0. The average molecular weight is 575 g/mol. The number of amides is 1. The van der Waals surface area contributed by atoms with Crippen LogP contribution in [-0.2, 0) is 11.3 Å². The maximum atomic E-state index is 13.3. The van der Waals surface area contributed by atoms with Gasteiger partial charge in [0.2, 0.25) is 5.43 Å². The SMILES string of the molecule is CCN(c1cc(Br)cc(C(=O)NCc2c(C)[nH]c(C)c(N)c2=O)c1C)[C@H]1CC[C@H](N2CCOCC2)CC1. The minimum atomic E-state index is -0.231. The summed E-state index contributed by atoms with van der Waals surface area (Å²) in [6, 6.07) is 5.08. The van der Waals surface area contributed by atoms with Gasteiger partial charge in [-0.3, -0.25) is 14.5 Å². The van der Waals surface area contributed by atoms with Crippen molar-refractivity contribution in [2.45, 2.75) is 72.0 Å². The third-order valence-electron chi connectivity index (χ3n) is 8.08. The second-order valence-corrected chi connectivity index (χ2v) is 11.2. The van der Waals surface area contributed by atoms with Crippen LogP contribution in [0.5, 0.6) is 0 Å². The molecule has 1 saturated heterocycles. The Balaban J connectivity index is 1.49. The van der Waals surface area contributed by atoms with Gasteiger partial charge in [-0.2, -0.15) is 0 Å². The molecule has 4 rings (SSSR count). The number of carbonyl (C=O) groups is 1. The molecule has 0 atom stereocenters. The Bertz CT molecular complexity index is 1180. The highest BCUT2D eigenvalue weighted by Gasteiger charge is 2.30. The number of carbonyl (C=O) groups excluding carboxylic acids is 1. The number of ether oxygens (including phenoxy) is 1. The summed E-state index contributed by atoms with van der Waals surface area (Å²) in [7, 11) is 0. The van der Waals surface area contributed by atoms with E-state index in [0.29, 0.717) is 34.6 Å². The van der Waals surface area contributed by atoms with Gasteiger partial charge in [0.1, 0.15) is 0 Å². The monoisotopic (exact) mass is 573 g/mol. The zero-order valence-electron chi connectivity index (χ0n) is 22.5. The Morgan fingerprint density at radius 1 is 1.16 bits per heavy atom. The number of aromatic amines is 1. The lowest BCUT2D eigenvalue weighted by Crippen LogP contribution is -2.48. The van der Waals surface area contributed by atoms with E-state index in [4.69, 9.17) is 10.5 Å². The lowest BCUT2D eigenvalue weighted by molar-refractivity contribution is 0.00730. The van der Waals surface area contributed by atoms with Crippen molar-refractivity contribution in [1.29, 1.82) is 0 Å². The number of nitrogen functional groups attached to an aromatic ring is 1. The molecule has 202 valence electrons. The molecule has 0 bridgehead atoms. The molecule has 2 aliphatic rings. The van der Waals surface area contributed by atoms with Crippen LogP contribution in [0.4, 0.5) is 11.4 Å². The van der Waals surface area contributed by atoms with Crippen LogP contribution in [0, 0.1) is 20.8 Å². The molecule has 0 radical (unpaired) electrons. The molecule has 1 aromatic heterocycles. The van der Waals surface area contributed by atoms with Crippen molar-refractivity contribution in [2.24, 2.45) is 0 Å². The summed E-state index contributed by atoms with van der Waals surface area (Å²) in [6.45, 7) is 12.6. The van der Waals surface area contributed by atoms with Crippen molar-refractivity contribution in [3.8, 4) is 0 Å². The molecular weight excluding hydrogens is 534 g/mol. The molecule has 0 spiro atoms. The molecule has 2 heterocycles. The number of anilines is 2. The molecule has 1 aromatic carbocycles. The number of nitrogens with zero attached hydrogens (tertiary/aromatic N) is 2. The van der Waals surface area contributed by atoms with Gasteiger partial charge in [-0.15, -0.1) is 0 Å². The maximum Gasteiger partial charge on any atom is 0.251 e. The quantitative estimate of drug-likeness (QED) is 0.461. The summed E-state index contributed by atoms with van der Waals surface area (Å²) in [6.07, 6.45) is 4.66. The molecule has 2 aromatic rings. The van der Waals surface area contributed by atoms with Gasteiger partial charge >= 0.3 is 0 Å². The molecule has 37 heavy (non-hydrogen) atoms. The van der Waals surface area contributed by atoms with Crippen LogP contribution in [0.25, 0.3) is 0 Å². The van der Waals surface area contributed by atoms with Crippen molar-refractivity contribution in [3.63, 3.8) is 0 Å². The Kier molecular flexibility index (Phi) is 8.98. The normalized spacial score (nSPS) is 20.6. The van der Waals surface area contributed by atoms with E-state index in [0.717, 1.165) is 61.4 Å². The smallest absolute Gasteiger partial charge is 0.251 e. The number of benzene rings is 1. The number of hydrogen-bond donors (Lipinski definition) is 3. The Morgan fingerprint density at radius 2 is 1.84 bits per heavy atom. The highest BCUT2D eigenvalue weighted by Crippen LogP contribution is 2.34. The number of aromatic nitrogens is 1. The predicted octanol–water partition coefficient (Wildman–Crippen LogP) is 4.04. The first-order valence-electron chi connectivity index (χ1n) is 13.4. The summed E-state index contributed by atoms with van der Waals surface area (Å²) >= 11 is 3.64. The second-order valence-electron chi connectivity index (χ2n) is 10.3. The molecule has 4 N–H and O–H groups in total. The third kappa shape index (κ3) is 6.04. The summed E-state index contributed by atoms with van der Waals surface area (Å²) < 4.78 is 6.40. The lowest BCUT2D eigenvalue weighted by Gasteiger charge is -2.43. The summed E-state index contributed by atoms with van der Waals surface area (Å²) in [5.74, 6) is -0.204. The van der Waals surface area contributed by atoms with Gasteiger partial charge in [-0.25, -0.2) is 0 Å². The molecule has 1 aliphatic carbocycles. The van der Waals surface area contributed by atoms with E-state index in [1.807, 2.05) is 19.9 Å². The Labute approximate surface area is 228 Å². The van der Waals surface area contributed by atoms with Crippen LogP contribution in [0.2, 0.25) is 0 Å². The summed E-state index contributed by atoms with van der Waals surface area (Å²) in [4.78, 5) is 34.1. The molecule has 9 heteroatoms. The fraction of sp³-hybridized carbons (Fsp3) is 0.571. The minimum absolute atomic E-state index is 0.120. The lowest BCUT2D eigenvalue weighted by atomic mass is 9.88. The Hall–Kier alpha value is -2.36. The number of hydrogen-bond acceptors (Lipinski definition) is 6. The van der Waals surface area contributed by atoms with Crippen LogP contribution < -0.4 is 21.4 Å². The van der Waals surface area contributed by atoms with Crippen molar-refractivity contribution in [3.05, 3.63) is 54.9 Å². The number of nitrogens with two attached hydrogens (primary N) is 1. The van der Waals surface area contributed by atoms with Crippen LogP contribution >= 0.6 is 15.9 Å². The van der Waals surface area contributed by atoms with Crippen molar-refractivity contribution in [2.75, 3.05) is 43.5 Å². The molecule has 8 nitrogen and oxygen atoms in total. The Morgan fingerprint density at radius 3 is 2.49 bits per heavy atom. The largest absolute Gasteiger partial charge is 0.394 e. The van der Waals surface area contributed by atoms with E-state index in [2.05, 4.69) is 49.0 Å². The first-order valence-corrected chi connectivity index (χ1v) is 14.1. The van der Waals surface area contributed by atoms with Gasteiger partial charge in [0.15, 0.2) is 0 Å². The maximum absolute atomic E-state index is 13.3. The van der Waals surface area contributed by atoms with Gasteiger partial charge in [0, 0.05) is 70.9 Å². The average Bonchev–Trinajstić information content (AvgIpc) is 2.90. The van der Waals surface area contributed by atoms with Crippen molar-refractivity contribution >= 4 is 33.2 Å². The number of nitrogens with one attached hydrogen (secondary N) is 2. The number of aryl methyl sites for hydroxylation is 2. The zero-order chi connectivity index (χ0) is 26.7. The molecule has 1 aliphatic heterocycles. The van der Waals surface area contributed by atoms with E-state index < -0.39 is 0 Å². The van der Waals surface area contributed by atoms with E-state index in [1.165, 1.54) is 12.8 Å². The van der Waals surface area contributed by atoms with Gasteiger partial charge in [0.05, 0.1) is 18.9 Å². The molecule has 1 saturated carbocycles. The van der Waals surface area contributed by atoms with Gasteiger partial charge in [-0.1, -0.05) is 15.9 Å². The number of halogens is 1. The van der Waals surface area contributed by atoms with E-state index in [1.54, 1.807) is 6.92 Å². The highest BCUT2D eigenvalue weighted by molar-refractivity contribution is 9.10. The van der Waals surface area contributed by atoms with Crippen LogP contribution in [0.1, 0.15) is 65.5 Å². The van der Waals surface area contributed by atoms with E-state index in [-0.39, 0.29) is 23.6 Å². The van der Waals surface area contributed by atoms with Gasteiger partial charge in [0.25, 0.3) is 5.91 Å². The van der Waals surface area contributed by atoms with Crippen molar-refractivity contribution in [1.82, 2.24) is 15.2 Å². The predicted molar refractivity (Wildman–Crippen MR) is 152 cm³/mol. The number of morpholine rings is 1. The topological polar surface area (TPSA) is 104 Å². The standard InChI is InChI=1S/C28H40BrN5O3/c1-5-34(22-8-6-21(7-9-22)33-10-12-37-13-11-33)25-15-20(29)14-23(17(25)2)28(36)31-16-24-18(3)32-19(4)26(30)27(24)35/h14-15,21-22H,5-13,16,30H2,1-4H3,(H,31,36)(H,32,35)/t21-,22-. The van der Waals surface area contributed by atoms with Gasteiger partial charge < -0.3 is 25.7 Å². The number of rotatable bonds is 7. The molecule has 0 unspecified atom stereocenters. The van der Waals surface area contributed by atoms with Crippen LogP contribution in [0.15, 0.2) is 21.4 Å². The van der Waals surface area contributed by atoms with Crippen LogP contribution in [0.3, 0.4) is 0 Å². The fourth-order valence-corrected chi connectivity index (χ4v) is 6.35. The third-order valence-corrected chi connectivity index (χ3v) is 8.54. The van der Waals surface area contributed by atoms with Crippen molar-refractivity contribution < 1.29 is 9.53 Å². The minimum Gasteiger partial charge on any atom is -0.394 e. The van der Waals surface area contributed by atoms with Crippen LogP contribution in [-0.4, -0.2) is 60.7 Å². The molecule has 2 fully saturated rings. The van der Waals surface area contributed by atoms with Gasteiger partial charge in [-0.05, 0) is 71.1 Å². The number of H-pyrrole nitrogens is 1. The highest BCUT2D eigenvalue weighted by atomic mass is 79.9. The summed E-state index contributed by atoms with van der Waals surface area (Å²) in [5, 5.41) is 2.95. The van der Waals surface area contributed by atoms with E-state index in [9.17, 15) is 9.59 Å². The summed E-state index contributed by atoms with van der Waals surface area (Å²) in [5.41, 5.74) is 10.4. The molecular formula is C28H40BrN5O3. The second kappa shape index (κ2) is 12.0. The molecule has 1 amide bonds. The first kappa shape index (κ1) is 27.7. The number of pyridine rings is 1. The van der Waals surface area contributed by atoms with E-state index >= 15 is 0 Å². The first-order chi connectivity index (χ1) is 17.7. The fourth-order valence-electron chi connectivity index (χ4n) is 5.91.